The molecule has 0 bridgehead atoms. The van der Waals surface area contributed by atoms with E-state index in [9.17, 15) is 5.26 Å². The number of hydrogen-bond donors (Lipinski definition) is 1. The average molecular weight is 392 g/mol. The smallest absolute Gasteiger partial charge is 0.111 e. The van der Waals surface area contributed by atoms with Gasteiger partial charge in [0.05, 0.1) is 12.1 Å². The summed E-state index contributed by atoms with van der Waals surface area (Å²) in [5.74, 6) is 0. The number of allylic oxidation sites excluding steroid dienone is 1. The lowest BCUT2D eigenvalue weighted by Crippen LogP contribution is -2.24. The van der Waals surface area contributed by atoms with E-state index in [0.29, 0.717) is 0 Å². The fourth-order valence-electron chi connectivity index (χ4n) is 2.73. The Morgan fingerprint density at radius 3 is 2.61 bits per heavy atom. The Hall–Kier alpha value is -2.77. The van der Waals surface area contributed by atoms with Gasteiger partial charge in [0.2, 0.25) is 0 Å². The molecule has 0 spiro atoms. The van der Waals surface area contributed by atoms with Gasteiger partial charge in [-0.1, -0.05) is 76.3 Å². The van der Waals surface area contributed by atoms with Gasteiger partial charge in [-0.2, -0.15) is 5.26 Å². The molecule has 1 aromatic carbocycles. The standard InChI is InChI=1S/C20H19N3S.C4H10/c1-3-23-12-11-17-18(13-21)20(24-19(17)14-23)22-15(2)9-10-16-7-5-4-6-8-16;1-3-4-2/h3-10,22H,1-2,11-12,14H2;3-4H2,1-2H3/b10-9+;. The van der Waals surface area contributed by atoms with Crippen molar-refractivity contribution >= 4 is 22.4 Å². The van der Waals surface area contributed by atoms with E-state index in [2.05, 4.69) is 43.3 Å². The van der Waals surface area contributed by atoms with Crippen LogP contribution in [0.1, 0.15) is 48.3 Å². The van der Waals surface area contributed by atoms with Gasteiger partial charge in [-0.05, 0) is 29.8 Å². The normalized spacial score (nSPS) is 12.5. The molecule has 0 saturated heterocycles. The Kier molecular flexibility index (Phi) is 8.58. The summed E-state index contributed by atoms with van der Waals surface area (Å²) in [5, 5.41) is 13.7. The largest absolute Gasteiger partial charge is 0.372 e. The summed E-state index contributed by atoms with van der Waals surface area (Å²) in [4.78, 5) is 3.41. The molecule has 1 aromatic heterocycles. The van der Waals surface area contributed by atoms with Gasteiger partial charge in [0.1, 0.15) is 11.1 Å². The van der Waals surface area contributed by atoms with E-state index in [1.807, 2.05) is 48.7 Å². The van der Waals surface area contributed by atoms with Crippen LogP contribution >= 0.6 is 11.3 Å². The predicted molar refractivity (Wildman–Crippen MR) is 122 cm³/mol. The fourth-order valence-corrected chi connectivity index (χ4v) is 3.99. The molecule has 0 radical (unpaired) electrons. The third kappa shape index (κ3) is 5.87. The first-order chi connectivity index (χ1) is 13.6. The van der Waals surface area contributed by atoms with Crippen LogP contribution in [0.3, 0.4) is 0 Å². The van der Waals surface area contributed by atoms with Gasteiger partial charge in [0.25, 0.3) is 0 Å². The fraction of sp³-hybridized carbons (Fsp3) is 0.292. The lowest BCUT2D eigenvalue weighted by molar-refractivity contribution is 0.358. The van der Waals surface area contributed by atoms with Crippen LogP contribution in [0.25, 0.3) is 6.08 Å². The molecular formula is C24H29N3S. The molecule has 28 heavy (non-hydrogen) atoms. The molecule has 0 saturated carbocycles. The van der Waals surface area contributed by atoms with Crippen molar-refractivity contribution < 1.29 is 0 Å². The number of thiophene rings is 1. The first-order valence-corrected chi connectivity index (χ1v) is 10.5. The van der Waals surface area contributed by atoms with Crippen molar-refractivity contribution in [3.05, 3.63) is 83.0 Å². The molecular weight excluding hydrogens is 362 g/mol. The Balaban J connectivity index is 0.000000640. The minimum atomic E-state index is 0.757. The van der Waals surface area contributed by atoms with Gasteiger partial charge in [0.15, 0.2) is 0 Å². The summed E-state index contributed by atoms with van der Waals surface area (Å²) in [6.45, 7) is 14.0. The van der Waals surface area contributed by atoms with Crippen molar-refractivity contribution in [1.29, 1.82) is 5.26 Å². The van der Waals surface area contributed by atoms with Gasteiger partial charge in [-0.15, -0.1) is 11.3 Å². The highest BCUT2D eigenvalue weighted by Gasteiger charge is 2.23. The zero-order valence-electron chi connectivity index (χ0n) is 16.9. The van der Waals surface area contributed by atoms with Gasteiger partial charge in [-0.3, -0.25) is 0 Å². The van der Waals surface area contributed by atoms with Gasteiger partial charge >= 0.3 is 0 Å². The van der Waals surface area contributed by atoms with Crippen LogP contribution in [0.15, 0.2) is 61.5 Å². The molecule has 4 heteroatoms. The van der Waals surface area contributed by atoms with Crippen molar-refractivity contribution in [2.75, 3.05) is 11.9 Å². The number of rotatable bonds is 6. The highest BCUT2D eigenvalue weighted by atomic mass is 32.1. The molecule has 2 heterocycles. The number of nitrogens with one attached hydrogen (secondary N) is 1. The summed E-state index contributed by atoms with van der Waals surface area (Å²) in [7, 11) is 0. The average Bonchev–Trinajstić information content (AvgIpc) is 3.08. The number of nitriles is 1. The molecule has 0 unspecified atom stereocenters. The Bertz CT molecular complexity index is 854. The molecule has 146 valence electrons. The molecule has 3 nitrogen and oxygen atoms in total. The summed E-state index contributed by atoms with van der Waals surface area (Å²) in [6.07, 6.45) is 9.33. The van der Waals surface area contributed by atoms with Gasteiger partial charge in [0, 0.05) is 17.1 Å². The quantitative estimate of drug-likeness (QED) is 0.566. The van der Waals surface area contributed by atoms with Crippen LogP contribution in [-0.2, 0) is 13.0 Å². The maximum absolute atomic E-state index is 9.54. The van der Waals surface area contributed by atoms with Crippen LogP contribution in [0.2, 0.25) is 0 Å². The minimum absolute atomic E-state index is 0.757. The lowest BCUT2D eigenvalue weighted by atomic mass is 10.0. The third-order valence-corrected chi connectivity index (χ3v) is 5.64. The van der Waals surface area contributed by atoms with E-state index in [0.717, 1.165) is 41.3 Å². The van der Waals surface area contributed by atoms with Crippen molar-refractivity contribution in [3.63, 3.8) is 0 Å². The summed E-state index contributed by atoms with van der Waals surface area (Å²) in [6, 6.07) is 12.4. The molecule has 1 aliphatic rings. The van der Waals surface area contributed by atoms with E-state index in [1.165, 1.54) is 23.3 Å². The molecule has 0 aliphatic carbocycles. The van der Waals surface area contributed by atoms with E-state index in [-0.39, 0.29) is 0 Å². The Morgan fingerprint density at radius 2 is 2.00 bits per heavy atom. The number of hydrogen-bond acceptors (Lipinski definition) is 4. The third-order valence-electron chi connectivity index (χ3n) is 4.51. The van der Waals surface area contributed by atoms with Crippen molar-refractivity contribution in [3.8, 4) is 6.07 Å². The SMILES string of the molecule is C=CN1CCc2c(sc(NC(=C)/C=C/c3ccccc3)c2C#N)C1.CCCC. The number of nitrogens with zero attached hydrogens (tertiary/aromatic N) is 2. The molecule has 0 amide bonds. The van der Waals surface area contributed by atoms with Crippen LogP contribution in [0.5, 0.6) is 0 Å². The second-order valence-electron chi connectivity index (χ2n) is 6.62. The predicted octanol–water partition coefficient (Wildman–Crippen LogP) is 6.57. The first kappa shape index (κ1) is 21.5. The Morgan fingerprint density at radius 1 is 1.29 bits per heavy atom. The minimum Gasteiger partial charge on any atom is -0.372 e. The zero-order valence-corrected chi connectivity index (χ0v) is 17.7. The monoisotopic (exact) mass is 391 g/mol. The number of benzene rings is 1. The molecule has 0 atom stereocenters. The first-order valence-electron chi connectivity index (χ1n) is 9.73. The second-order valence-corrected chi connectivity index (χ2v) is 7.72. The van der Waals surface area contributed by atoms with Gasteiger partial charge in [-0.25, -0.2) is 0 Å². The highest BCUT2D eigenvalue weighted by molar-refractivity contribution is 7.16. The maximum Gasteiger partial charge on any atom is 0.111 e. The summed E-state index contributed by atoms with van der Waals surface area (Å²) >= 11 is 1.64. The van der Waals surface area contributed by atoms with Crippen molar-refractivity contribution in [2.45, 2.75) is 39.7 Å². The van der Waals surface area contributed by atoms with Gasteiger partial charge < -0.3 is 10.2 Å². The molecule has 2 aromatic rings. The second kappa shape index (κ2) is 11.2. The van der Waals surface area contributed by atoms with E-state index in [1.54, 1.807) is 11.3 Å². The summed E-state index contributed by atoms with van der Waals surface area (Å²) < 4.78 is 0. The molecule has 1 N–H and O–H groups in total. The maximum atomic E-state index is 9.54. The molecule has 3 rings (SSSR count). The topological polar surface area (TPSA) is 39.1 Å². The summed E-state index contributed by atoms with van der Waals surface area (Å²) in [5.41, 5.74) is 3.82. The number of anilines is 1. The van der Waals surface area contributed by atoms with E-state index >= 15 is 0 Å². The van der Waals surface area contributed by atoms with Crippen LogP contribution in [-0.4, -0.2) is 11.4 Å². The van der Waals surface area contributed by atoms with Crippen molar-refractivity contribution in [1.82, 2.24) is 4.90 Å². The van der Waals surface area contributed by atoms with Crippen LogP contribution in [0.4, 0.5) is 5.00 Å². The lowest BCUT2D eigenvalue weighted by Gasteiger charge is -2.24. The van der Waals surface area contributed by atoms with Crippen molar-refractivity contribution in [2.24, 2.45) is 0 Å². The molecule has 0 fully saturated rings. The Labute approximate surface area is 173 Å². The van der Waals surface area contributed by atoms with E-state index < -0.39 is 0 Å². The highest BCUT2D eigenvalue weighted by Crippen LogP contribution is 2.37. The zero-order chi connectivity index (χ0) is 20.4. The van der Waals surface area contributed by atoms with E-state index in [4.69, 9.17) is 0 Å². The number of unbranched alkanes of at least 4 members (excludes halogenated alkanes) is 1. The number of fused-ring (bicyclic) bond motifs is 1. The molecule has 1 aliphatic heterocycles. The van der Waals surface area contributed by atoms with Crippen LogP contribution in [0, 0.1) is 11.3 Å². The van der Waals surface area contributed by atoms with Crippen LogP contribution < -0.4 is 5.32 Å².